The van der Waals surface area contributed by atoms with Crippen molar-refractivity contribution in [2.24, 2.45) is 5.73 Å². The number of benzene rings is 1. The van der Waals surface area contributed by atoms with Crippen LogP contribution in [0.25, 0.3) is 0 Å². The fourth-order valence-electron chi connectivity index (χ4n) is 1.70. The van der Waals surface area contributed by atoms with Crippen LogP contribution in [0.4, 0.5) is 0 Å². The average Bonchev–Trinajstić information content (AvgIpc) is 2.29. The molecule has 0 bridgehead atoms. The number of carbonyl (C=O) groups excluding carboxylic acids is 1. The van der Waals surface area contributed by atoms with Crippen LogP contribution in [-0.2, 0) is 11.2 Å². The van der Waals surface area contributed by atoms with Gasteiger partial charge < -0.3 is 10.6 Å². The number of nitrogens with zero attached hydrogens (tertiary/aromatic N) is 1. The average molecular weight is 250 g/mol. The van der Waals surface area contributed by atoms with E-state index in [4.69, 9.17) is 18.0 Å². The Morgan fingerprint density at radius 3 is 2.29 bits per heavy atom. The molecular formula is C13H18N2OS. The normalized spacial score (nSPS) is 11.9. The van der Waals surface area contributed by atoms with Gasteiger partial charge in [0.15, 0.2) is 0 Å². The van der Waals surface area contributed by atoms with E-state index in [1.165, 1.54) is 12.5 Å². The number of likely N-dealkylation sites (N-methyl/N-ethyl adjacent to an activating group) is 1. The van der Waals surface area contributed by atoms with Crippen molar-refractivity contribution >= 4 is 23.1 Å². The van der Waals surface area contributed by atoms with Gasteiger partial charge in [0, 0.05) is 14.0 Å². The van der Waals surface area contributed by atoms with Crippen LogP contribution in [0.5, 0.6) is 0 Å². The van der Waals surface area contributed by atoms with Crippen molar-refractivity contribution in [3.63, 3.8) is 0 Å². The molecule has 0 heterocycles. The standard InChI is InChI=1S/C13H18N2OS/c1-4-10-5-7-11(8-6-10)12(13(14)17)15(3)9(2)16/h5-8,12H,4H2,1-3H3,(H2,14,17). The van der Waals surface area contributed by atoms with Gasteiger partial charge in [0.05, 0.1) is 0 Å². The first-order valence-electron chi connectivity index (χ1n) is 5.59. The predicted octanol–water partition coefficient (Wildman–Crippen LogP) is 2.05. The highest BCUT2D eigenvalue weighted by Gasteiger charge is 2.21. The highest BCUT2D eigenvalue weighted by Crippen LogP contribution is 2.20. The molecule has 0 saturated heterocycles. The third-order valence-corrected chi connectivity index (χ3v) is 3.08. The van der Waals surface area contributed by atoms with Crippen LogP contribution in [0.3, 0.4) is 0 Å². The van der Waals surface area contributed by atoms with Crippen molar-refractivity contribution < 1.29 is 4.79 Å². The second-order valence-electron chi connectivity index (χ2n) is 4.03. The van der Waals surface area contributed by atoms with Gasteiger partial charge in [0.25, 0.3) is 0 Å². The van der Waals surface area contributed by atoms with E-state index in [1.807, 2.05) is 24.3 Å². The third-order valence-electron chi connectivity index (χ3n) is 2.86. The minimum Gasteiger partial charge on any atom is -0.391 e. The van der Waals surface area contributed by atoms with Crippen molar-refractivity contribution in [1.29, 1.82) is 0 Å². The zero-order valence-electron chi connectivity index (χ0n) is 10.4. The second-order valence-corrected chi connectivity index (χ2v) is 4.50. The number of aryl methyl sites for hydroxylation is 1. The summed E-state index contributed by atoms with van der Waals surface area (Å²) in [5.74, 6) is -0.0534. The van der Waals surface area contributed by atoms with Gasteiger partial charge >= 0.3 is 0 Å². The summed E-state index contributed by atoms with van der Waals surface area (Å²) in [6.45, 7) is 3.60. The summed E-state index contributed by atoms with van der Waals surface area (Å²) in [5, 5.41) is 0. The van der Waals surface area contributed by atoms with Crippen LogP contribution >= 0.6 is 12.2 Å². The molecule has 0 fully saturated rings. The van der Waals surface area contributed by atoms with Gasteiger partial charge in [-0.2, -0.15) is 0 Å². The van der Waals surface area contributed by atoms with Gasteiger partial charge in [0.2, 0.25) is 5.91 Å². The fraction of sp³-hybridized carbons (Fsp3) is 0.385. The Kier molecular flexibility index (Phi) is 4.63. The van der Waals surface area contributed by atoms with Crippen molar-refractivity contribution in [2.45, 2.75) is 26.3 Å². The summed E-state index contributed by atoms with van der Waals surface area (Å²) in [6, 6.07) is 7.70. The maximum absolute atomic E-state index is 11.4. The predicted molar refractivity (Wildman–Crippen MR) is 73.8 cm³/mol. The molecule has 0 radical (unpaired) electrons. The first kappa shape index (κ1) is 13.6. The van der Waals surface area contributed by atoms with Gasteiger partial charge in [-0.25, -0.2) is 0 Å². The second kappa shape index (κ2) is 5.77. The highest BCUT2D eigenvalue weighted by molar-refractivity contribution is 7.80. The number of hydrogen-bond acceptors (Lipinski definition) is 2. The summed E-state index contributed by atoms with van der Waals surface area (Å²) in [7, 11) is 1.71. The summed E-state index contributed by atoms with van der Waals surface area (Å²) < 4.78 is 0. The van der Waals surface area contributed by atoms with Gasteiger partial charge in [-0.05, 0) is 17.5 Å². The lowest BCUT2D eigenvalue weighted by Gasteiger charge is -2.26. The molecule has 1 aromatic rings. The van der Waals surface area contributed by atoms with Crippen LogP contribution < -0.4 is 5.73 Å². The van der Waals surface area contributed by atoms with Crippen molar-refractivity contribution in [3.05, 3.63) is 35.4 Å². The highest BCUT2D eigenvalue weighted by atomic mass is 32.1. The van der Waals surface area contributed by atoms with E-state index in [2.05, 4.69) is 6.92 Å². The first-order chi connectivity index (χ1) is 7.97. The van der Waals surface area contributed by atoms with Crippen LogP contribution in [0.1, 0.15) is 31.0 Å². The van der Waals surface area contributed by atoms with Gasteiger partial charge in [-0.3, -0.25) is 4.79 Å². The van der Waals surface area contributed by atoms with E-state index in [9.17, 15) is 4.79 Å². The summed E-state index contributed by atoms with van der Waals surface area (Å²) >= 11 is 5.04. The molecule has 0 saturated carbocycles. The Morgan fingerprint density at radius 1 is 1.41 bits per heavy atom. The molecule has 0 aliphatic carbocycles. The van der Waals surface area contributed by atoms with Crippen molar-refractivity contribution in [2.75, 3.05) is 7.05 Å². The number of thiocarbonyl (C=S) groups is 1. The molecule has 17 heavy (non-hydrogen) atoms. The molecular weight excluding hydrogens is 232 g/mol. The Labute approximate surface area is 108 Å². The lowest BCUT2D eigenvalue weighted by Crippen LogP contribution is -2.37. The number of hydrogen-bond donors (Lipinski definition) is 1. The van der Waals surface area contributed by atoms with Crippen LogP contribution in [0.2, 0.25) is 0 Å². The molecule has 1 aromatic carbocycles. The molecule has 2 N–H and O–H groups in total. The summed E-state index contributed by atoms with van der Waals surface area (Å²) in [6.07, 6.45) is 0.987. The summed E-state index contributed by atoms with van der Waals surface area (Å²) in [5.41, 5.74) is 7.92. The van der Waals surface area contributed by atoms with Crippen LogP contribution in [0.15, 0.2) is 24.3 Å². The van der Waals surface area contributed by atoms with Crippen LogP contribution in [-0.4, -0.2) is 22.8 Å². The van der Waals surface area contributed by atoms with E-state index in [-0.39, 0.29) is 11.9 Å². The van der Waals surface area contributed by atoms with E-state index < -0.39 is 0 Å². The molecule has 92 valence electrons. The molecule has 0 aromatic heterocycles. The third kappa shape index (κ3) is 3.27. The molecule has 1 unspecified atom stereocenters. The smallest absolute Gasteiger partial charge is 0.220 e. The Morgan fingerprint density at radius 2 is 1.94 bits per heavy atom. The van der Waals surface area contributed by atoms with Gasteiger partial charge in [-0.15, -0.1) is 0 Å². The van der Waals surface area contributed by atoms with E-state index >= 15 is 0 Å². The number of amides is 1. The summed E-state index contributed by atoms with van der Waals surface area (Å²) in [4.78, 5) is 13.3. The number of nitrogens with two attached hydrogens (primary N) is 1. The zero-order chi connectivity index (χ0) is 13.0. The minimum absolute atomic E-state index is 0.0534. The molecule has 4 heteroatoms. The molecule has 1 atom stereocenters. The Balaban J connectivity index is 3.05. The van der Waals surface area contributed by atoms with Gasteiger partial charge in [-0.1, -0.05) is 43.4 Å². The van der Waals surface area contributed by atoms with E-state index in [0.717, 1.165) is 12.0 Å². The topological polar surface area (TPSA) is 46.3 Å². The quantitative estimate of drug-likeness (QED) is 0.832. The zero-order valence-corrected chi connectivity index (χ0v) is 11.3. The Bertz CT molecular complexity index is 414. The fourth-order valence-corrected chi connectivity index (χ4v) is 1.99. The maximum Gasteiger partial charge on any atom is 0.220 e. The largest absolute Gasteiger partial charge is 0.391 e. The molecule has 1 rings (SSSR count). The molecule has 0 aliphatic heterocycles. The maximum atomic E-state index is 11.4. The van der Waals surface area contributed by atoms with E-state index in [0.29, 0.717) is 4.99 Å². The van der Waals surface area contributed by atoms with Crippen LogP contribution in [0, 0.1) is 0 Å². The molecule has 0 spiro atoms. The lowest BCUT2D eigenvalue weighted by atomic mass is 10.0. The number of rotatable bonds is 4. The van der Waals surface area contributed by atoms with E-state index in [1.54, 1.807) is 11.9 Å². The van der Waals surface area contributed by atoms with Crippen molar-refractivity contribution in [1.82, 2.24) is 4.90 Å². The lowest BCUT2D eigenvalue weighted by molar-refractivity contribution is -0.128. The SMILES string of the molecule is CCc1ccc(C(C(N)=S)N(C)C(C)=O)cc1. The number of carbonyl (C=O) groups is 1. The van der Waals surface area contributed by atoms with Crippen molar-refractivity contribution in [3.8, 4) is 0 Å². The Hall–Kier alpha value is -1.42. The molecule has 0 aliphatic rings. The monoisotopic (exact) mass is 250 g/mol. The first-order valence-corrected chi connectivity index (χ1v) is 5.99. The minimum atomic E-state index is -0.326. The molecule has 1 amide bonds. The van der Waals surface area contributed by atoms with Gasteiger partial charge in [0.1, 0.15) is 11.0 Å². The molecule has 3 nitrogen and oxygen atoms in total.